The molecule has 10 heteroatoms. The van der Waals surface area contributed by atoms with Crippen molar-refractivity contribution in [1.82, 2.24) is 0 Å². The van der Waals surface area contributed by atoms with Crippen LogP contribution in [0.25, 0.3) is 0 Å². The summed E-state index contributed by atoms with van der Waals surface area (Å²) < 4.78 is 0. The van der Waals surface area contributed by atoms with Crippen LogP contribution in [0.15, 0.2) is 30.3 Å². The van der Waals surface area contributed by atoms with Crippen molar-refractivity contribution in [3.63, 3.8) is 0 Å². The third-order valence-corrected chi connectivity index (χ3v) is 1.30. The Morgan fingerprint density at radius 1 is 1.06 bits per heavy atom. The first-order valence-electron chi connectivity index (χ1n) is 3.52. The number of hydrogen-bond donors (Lipinski definition) is 2. The molecule has 0 bridgehead atoms. The Balaban J connectivity index is 0. The van der Waals surface area contributed by atoms with Crippen LogP contribution in [0.3, 0.4) is 0 Å². The quantitative estimate of drug-likeness (QED) is 0.397. The Bertz CT molecular complexity index is 321. The maximum Gasteiger partial charge on any atom is 0.228 e. The van der Waals surface area contributed by atoms with Crippen molar-refractivity contribution in [2.45, 2.75) is 0 Å². The Labute approximate surface area is 100 Å². The van der Waals surface area contributed by atoms with Gasteiger partial charge in [-0.25, -0.2) is 26.1 Å². The van der Waals surface area contributed by atoms with E-state index in [0.29, 0.717) is 0 Å². The summed E-state index contributed by atoms with van der Waals surface area (Å²) in [5.74, 6) is 3.50. The highest BCUT2D eigenvalue weighted by atomic mass is 27.0. The lowest BCUT2D eigenvalue weighted by molar-refractivity contribution is -0.711. The standard InChI is InChI=1S/C6H5N3O4.Al.H3NO.3H/c10-8(11)7(9(12)13)6-4-2-1-3-5-6;;1-2;;;/h1-5H;;2H,1H2;;;. The summed E-state index contributed by atoms with van der Waals surface area (Å²) >= 11 is 0. The third kappa shape index (κ3) is 4.67. The van der Waals surface area contributed by atoms with Crippen molar-refractivity contribution in [1.29, 1.82) is 0 Å². The number of nitrogens with zero attached hydrogens (tertiary/aromatic N) is 3. The predicted octanol–water partition coefficient (Wildman–Crippen LogP) is -0.973. The topological polar surface area (TPSA) is 136 Å². The van der Waals surface area contributed by atoms with Gasteiger partial charge in [-0.1, -0.05) is 18.2 Å². The van der Waals surface area contributed by atoms with Crippen LogP contribution in [0.1, 0.15) is 0 Å². The molecule has 1 aromatic carbocycles. The van der Waals surface area contributed by atoms with Gasteiger partial charge in [0.05, 0.1) is 0 Å². The zero-order chi connectivity index (χ0) is 11.8. The first-order valence-corrected chi connectivity index (χ1v) is 3.52. The molecule has 0 saturated carbocycles. The van der Waals surface area contributed by atoms with Gasteiger partial charge in [0.2, 0.25) is 10.1 Å². The van der Waals surface area contributed by atoms with Gasteiger partial charge in [-0.2, -0.15) is 0 Å². The van der Waals surface area contributed by atoms with Crippen LogP contribution in [0.4, 0.5) is 5.69 Å². The second-order valence-corrected chi connectivity index (χ2v) is 2.10. The molecular weight excluding hydrogens is 235 g/mol. The summed E-state index contributed by atoms with van der Waals surface area (Å²) in [5.41, 5.74) is -0.0856. The van der Waals surface area contributed by atoms with Crippen LogP contribution in [0.2, 0.25) is 0 Å². The van der Waals surface area contributed by atoms with E-state index in [4.69, 9.17) is 5.21 Å². The zero-order valence-electron chi connectivity index (χ0n) is 7.39. The molecule has 16 heavy (non-hydrogen) atoms. The molecule has 0 saturated heterocycles. The lowest BCUT2D eigenvalue weighted by Crippen LogP contribution is -2.35. The molecule has 0 aliphatic rings. The molecule has 0 amide bonds. The van der Waals surface area contributed by atoms with Gasteiger partial charge in [0.25, 0.3) is 0 Å². The minimum atomic E-state index is -1.09. The van der Waals surface area contributed by atoms with Gasteiger partial charge in [-0.3, -0.25) is 0 Å². The molecule has 1 rings (SSSR count). The van der Waals surface area contributed by atoms with E-state index < -0.39 is 10.1 Å². The molecule has 0 fully saturated rings. The van der Waals surface area contributed by atoms with Crippen LogP contribution >= 0.6 is 0 Å². The largest absolute Gasteiger partial charge is 0.320 e. The molecule has 9 nitrogen and oxygen atoms in total. The maximum absolute atomic E-state index is 10.2. The molecule has 0 spiro atoms. The number of nitrogens with two attached hydrogens (primary N) is 1. The van der Waals surface area contributed by atoms with Gasteiger partial charge in [0.1, 0.15) is 0 Å². The molecule has 0 radical (unpaired) electrons. The first-order chi connectivity index (χ1) is 7.13. The number of rotatable bonds is 3. The van der Waals surface area contributed by atoms with Crippen molar-refractivity contribution in [3.8, 4) is 0 Å². The highest BCUT2D eigenvalue weighted by Gasteiger charge is 2.29. The van der Waals surface area contributed by atoms with E-state index in [2.05, 4.69) is 5.90 Å². The van der Waals surface area contributed by atoms with E-state index in [9.17, 15) is 20.2 Å². The van der Waals surface area contributed by atoms with E-state index in [1.165, 1.54) is 24.3 Å². The Kier molecular flexibility index (Phi) is 8.94. The van der Waals surface area contributed by atoms with Gasteiger partial charge in [-0.05, 0) is 12.1 Å². The summed E-state index contributed by atoms with van der Waals surface area (Å²) in [5, 5.41) is 24.6. The number of para-hydroxylation sites is 1. The molecule has 0 unspecified atom stereocenters. The van der Waals surface area contributed by atoms with Crippen LogP contribution in [-0.4, -0.2) is 32.6 Å². The zero-order valence-corrected chi connectivity index (χ0v) is 7.39. The van der Waals surface area contributed by atoms with E-state index in [1.54, 1.807) is 6.07 Å². The van der Waals surface area contributed by atoms with Gasteiger partial charge in [0.15, 0.2) is 28.2 Å². The molecule has 0 aromatic heterocycles. The number of anilines is 1. The van der Waals surface area contributed by atoms with Gasteiger partial charge in [0, 0.05) is 0 Å². The lowest BCUT2D eigenvalue weighted by atomic mass is 10.3. The normalized spacial score (nSPS) is 7.88. The fourth-order valence-corrected chi connectivity index (χ4v) is 0.810. The average molecular weight is 246 g/mol. The summed E-state index contributed by atoms with van der Waals surface area (Å²) in [4.78, 5) is 20.5. The Hall–Kier alpha value is -1.73. The van der Waals surface area contributed by atoms with Gasteiger partial charge < -0.3 is 5.21 Å². The smallest absolute Gasteiger partial charge is 0.228 e. The number of benzene rings is 1. The fraction of sp³-hybridized carbons (Fsp3) is 0. The van der Waals surface area contributed by atoms with Crippen LogP contribution < -0.4 is 11.0 Å². The summed E-state index contributed by atoms with van der Waals surface area (Å²) in [6, 6.07) is 7.14. The van der Waals surface area contributed by atoms with Crippen LogP contribution in [0, 0.1) is 20.2 Å². The number of hydrogen-bond acceptors (Lipinski definition) is 6. The molecule has 0 aliphatic heterocycles. The van der Waals surface area contributed by atoms with Crippen molar-refractivity contribution in [2.75, 3.05) is 5.12 Å². The van der Waals surface area contributed by atoms with Crippen LogP contribution in [-0.2, 0) is 0 Å². The molecule has 3 N–H and O–H groups in total. The molecule has 0 heterocycles. The average Bonchev–Trinajstić information content (AvgIpc) is 2.21. The Morgan fingerprint density at radius 2 is 1.44 bits per heavy atom. The third-order valence-electron chi connectivity index (χ3n) is 1.30. The monoisotopic (exact) mass is 246 g/mol. The molecule has 1 aromatic rings. The van der Waals surface area contributed by atoms with E-state index >= 15 is 0 Å². The predicted molar refractivity (Wildman–Crippen MR) is 58.8 cm³/mol. The maximum atomic E-state index is 10.2. The Morgan fingerprint density at radius 3 is 1.75 bits per heavy atom. The first kappa shape index (κ1) is 16.7. The van der Waals surface area contributed by atoms with Crippen molar-refractivity contribution in [3.05, 3.63) is 50.6 Å². The van der Waals surface area contributed by atoms with Crippen molar-refractivity contribution in [2.24, 2.45) is 5.90 Å². The highest BCUT2D eigenvalue weighted by Crippen LogP contribution is 2.12. The van der Waals surface area contributed by atoms with E-state index in [-0.39, 0.29) is 28.2 Å². The lowest BCUT2D eigenvalue weighted by Gasteiger charge is -2.01. The van der Waals surface area contributed by atoms with Gasteiger partial charge >= 0.3 is 0 Å². The molecule has 0 aliphatic carbocycles. The summed E-state index contributed by atoms with van der Waals surface area (Å²) in [7, 11) is 0. The SMILES string of the molecule is NO.O=[N+]([O-])N(c1ccccc1)[N+](=O)[O-].[AlH3]. The number of nitro groups is 2. The van der Waals surface area contributed by atoms with E-state index in [0.717, 1.165) is 0 Å². The molecule has 88 valence electrons. The fourth-order valence-electron chi connectivity index (χ4n) is 0.810. The number of hydrazine groups is 2. The summed E-state index contributed by atoms with van der Waals surface area (Å²) in [6.45, 7) is 0. The minimum Gasteiger partial charge on any atom is -0.320 e. The van der Waals surface area contributed by atoms with E-state index in [1.807, 2.05) is 0 Å². The van der Waals surface area contributed by atoms with Crippen LogP contribution in [0.5, 0.6) is 0 Å². The molecule has 0 atom stereocenters. The van der Waals surface area contributed by atoms with Gasteiger partial charge in [-0.15, -0.1) is 0 Å². The minimum absolute atomic E-state index is 0. The highest BCUT2D eigenvalue weighted by molar-refractivity contribution is 5.75. The second-order valence-electron chi connectivity index (χ2n) is 2.10. The second kappa shape index (κ2) is 8.57. The summed E-state index contributed by atoms with van der Waals surface area (Å²) in [6.07, 6.45) is 0. The molecular formula is C6H11AlN4O5. The van der Waals surface area contributed by atoms with Crippen molar-refractivity contribution >= 4 is 23.0 Å². The van der Waals surface area contributed by atoms with Crippen molar-refractivity contribution < 1.29 is 15.3 Å².